The maximum atomic E-state index is 13.6. The number of likely N-dealkylation sites (N-methyl/N-ethyl adjacent to an activating group) is 1. The lowest BCUT2D eigenvalue weighted by Gasteiger charge is -2.24. The van der Waals surface area contributed by atoms with Crippen LogP contribution in [0.2, 0.25) is 0 Å². The Balaban J connectivity index is 2.13. The minimum atomic E-state index is -0.509. The second kappa shape index (κ2) is 5.80. The summed E-state index contributed by atoms with van der Waals surface area (Å²) in [7, 11) is 1.74. The summed E-state index contributed by atoms with van der Waals surface area (Å²) in [6, 6.07) is 12.3. The second-order valence-corrected chi connectivity index (χ2v) is 4.46. The van der Waals surface area contributed by atoms with Gasteiger partial charge in [0.2, 0.25) is 0 Å². The monoisotopic (exact) mass is 262 g/mol. The van der Waals surface area contributed by atoms with Gasteiger partial charge in [-0.05, 0) is 18.2 Å². The van der Waals surface area contributed by atoms with E-state index in [0.717, 1.165) is 0 Å². The van der Waals surface area contributed by atoms with Gasteiger partial charge in [0, 0.05) is 19.2 Å². The highest BCUT2D eigenvalue weighted by Crippen LogP contribution is 2.21. The SMILES string of the molecule is CN(CC(N)c1ccccc1F)c1ccccc1F. The van der Waals surface area contributed by atoms with Gasteiger partial charge in [0.1, 0.15) is 11.6 Å². The zero-order chi connectivity index (χ0) is 13.8. The van der Waals surface area contributed by atoms with Crippen molar-refractivity contribution in [3.05, 3.63) is 65.7 Å². The van der Waals surface area contributed by atoms with Gasteiger partial charge in [-0.15, -0.1) is 0 Å². The molecule has 4 heteroatoms. The van der Waals surface area contributed by atoms with E-state index in [4.69, 9.17) is 5.73 Å². The highest BCUT2D eigenvalue weighted by molar-refractivity contribution is 5.47. The minimum Gasteiger partial charge on any atom is -0.370 e. The standard InChI is InChI=1S/C15H16F2N2/c1-19(15-9-5-4-8-13(15)17)10-14(18)11-6-2-3-7-12(11)16/h2-9,14H,10,18H2,1H3. The molecule has 1 atom stereocenters. The van der Waals surface area contributed by atoms with Crippen LogP contribution in [-0.4, -0.2) is 13.6 Å². The smallest absolute Gasteiger partial charge is 0.146 e. The van der Waals surface area contributed by atoms with E-state index < -0.39 is 6.04 Å². The lowest BCUT2D eigenvalue weighted by Crippen LogP contribution is -2.30. The number of nitrogens with zero attached hydrogens (tertiary/aromatic N) is 1. The van der Waals surface area contributed by atoms with Gasteiger partial charge < -0.3 is 10.6 Å². The van der Waals surface area contributed by atoms with Crippen molar-refractivity contribution in [1.29, 1.82) is 0 Å². The third kappa shape index (κ3) is 3.09. The largest absolute Gasteiger partial charge is 0.370 e. The van der Waals surface area contributed by atoms with Crippen molar-refractivity contribution >= 4 is 5.69 Å². The number of rotatable bonds is 4. The molecule has 0 spiro atoms. The first-order valence-electron chi connectivity index (χ1n) is 6.05. The van der Waals surface area contributed by atoms with Crippen LogP contribution in [0.1, 0.15) is 11.6 Å². The molecule has 0 aromatic heterocycles. The van der Waals surface area contributed by atoms with E-state index in [1.165, 1.54) is 12.1 Å². The molecule has 0 amide bonds. The van der Waals surface area contributed by atoms with Crippen LogP contribution in [0.15, 0.2) is 48.5 Å². The first-order chi connectivity index (χ1) is 9.09. The van der Waals surface area contributed by atoms with Crippen molar-refractivity contribution in [2.45, 2.75) is 6.04 Å². The molecule has 2 N–H and O–H groups in total. The Bertz CT molecular complexity index is 508. The van der Waals surface area contributed by atoms with Crippen LogP contribution in [0.5, 0.6) is 0 Å². The fraction of sp³-hybridized carbons (Fsp3) is 0.200. The number of nitrogens with two attached hydrogens (primary N) is 1. The van der Waals surface area contributed by atoms with Gasteiger partial charge in [0.15, 0.2) is 0 Å². The van der Waals surface area contributed by atoms with Crippen LogP contribution in [0.3, 0.4) is 0 Å². The van der Waals surface area contributed by atoms with E-state index in [2.05, 4.69) is 0 Å². The predicted molar refractivity (Wildman–Crippen MR) is 73.0 cm³/mol. The van der Waals surface area contributed by atoms with Crippen molar-refractivity contribution < 1.29 is 8.78 Å². The maximum Gasteiger partial charge on any atom is 0.146 e. The molecule has 19 heavy (non-hydrogen) atoms. The molecule has 2 aromatic carbocycles. The van der Waals surface area contributed by atoms with Crippen molar-refractivity contribution in [3.63, 3.8) is 0 Å². The number of hydrogen-bond acceptors (Lipinski definition) is 2. The Morgan fingerprint density at radius 1 is 1.00 bits per heavy atom. The summed E-state index contributed by atoms with van der Waals surface area (Å²) >= 11 is 0. The lowest BCUT2D eigenvalue weighted by atomic mass is 10.1. The molecule has 0 aliphatic heterocycles. The number of para-hydroxylation sites is 1. The van der Waals surface area contributed by atoms with Crippen LogP contribution >= 0.6 is 0 Å². The van der Waals surface area contributed by atoms with Gasteiger partial charge in [0.25, 0.3) is 0 Å². The molecule has 0 fully saturated rings. The van der Waals surface area contributed by atoms with Crippen LogP contribution in [-0.2, 0) is 0 Å². The summed E-state index contributed by atoms with van der Waals surface area (Å²) < 4.78 is 27.2. The summed E-state index contributed by atoms with van der Waals surface area (Å²) in [6.45, 7) is 0.335. The Morgan fingerprint density at radius 2 is 1.58 bits per heavy atom. The average Bonchev–Trinajstić information content (AvgIpc) is 2.39. The topological polar surface area (TPSA) is 29.3 Å². The van der Waals surface area contributed by atoms with E-state index in [1.54, 1.807) is 48.3 Å². The van der Waals surface area contributed by atoms with Crippen LogP contribution in [0, 0.1) is 11.6 Å². The van der Waals surface area contributed by atoms with E-state index in [1.807, 2.05) is 0 Å². The molecule has 0 radical (unpaired) electrons. The summed E-state index contributed by atoms with van der Waals surface area (Å²) in [6.07, 6.45) is 0. The molecule has 0 bridgehead atoms. The van der Waals surface area contributed by atoms with Crippen molar-refractivity contribution in [2.75, 3.05) is 18.5 Å². The first-order valence-corrected chi connectivity index (χ1v) is 6.05. The highest BCUT2D eigenvalue weighted by atomic mass is 19.1. The Kier molecular flexibility index (Phi) is 4.12. The fourth-order valence-corrected chi connectivity index (χ4v) is 2.03. The first kappa shape index (κ1) is 13.5. The molecule has 2 nitrogen and oxygen atoms in total. The Hall–Kier alpha value is -1.94. The van der Waals surface area contributed by atoms with Crippen LogP contribution in [0.4, 0.5) is 14.5 Å². The molecule has 2 rings (SSSR count). The van der Waals surface area contributed by atoms with Crippen LogP contribution in [0.25, 0.3) is 0 Å². The number of halogens is 2. The van der Waals surface area contributed by atoms with Gasteiger partial charge in [-0.3, -0.25) is 0 Å². The molecule has 100 valence electrons. The second-order valence-electron chi connectivity index (χ2n) is 4.46. The van der Waals surface area contributed by atoms with Gasteiger partial charge in [-0.25, -0.2) is 8.78 Å². The molecular weight excluding hydrogens is 246 g/mol. The Labute approximate surface area is 111 Å². The van der Waals surface area contributed by atoms with E-state index in [9.17, 15) is 8.78 Å². The number of anilines is 1. The van der Waals surface area contributed by atoms with Gasteiger partial charge in [-0.1, -0.05) is 30.3 Å². The predicted octanol–water partition coefficient (Wildman–Crippen LogP) is 3.10. The van der Waals surface area contributed by atoms with E-state index in [0.29, 0.717) is 17.8 Å². The molecule has 0 saturated carbocycles. The highest BCUT2D eigenvalue weighted by Gasteiger charge is 2.15. The zero-order valence-electron chi connectivity index (χ0n) is 10.7. The van der Waals surface area contributed by atoms with Crippen molar-refractivity contribution in [2.24, 2.45) is 5.73 Å². The molecule has 2 aromatic rings. The van der Waals surface area contributed by atoms with E-state index >= 15 is 0 Å². The van der Waals surface area contributed by atoms with E-state index in [-0.39, 0.29) is 11.6 Å². The molecule has 0 heterocycles. The van der Waals surface area contributed by atoms with Gasteiger partial charge >= 0.3 is 0 Å². The van der Waals surface area contributed by atoms with Gasteiger partial charge in [0.05, 0.1) is 11.7 Å². The molecular formula is C15H16F2N2. The fourth-order valence-electron chi connectivity index (χ4n) is 2.03. The summed E-state index contributed by atoms with van der Waals surface area (Å²) in [5.74, 6) is -0.650. The normalized spacial score (nSPS) is 12.2. The minimum absolute atomic E-state index is 0.314. The summed E-state index contributed by atoms with van der Waals surface area (Å²) in [5.41, 5.74) is 6.87. The van der Waals surface area contributed by atoms with Crippen molar-refractivity contribution in [3.8, 4) is 0 Å². The number of benzene rings is 2. The summed E-state index contributed by atoms with van der Waals surface area (Å²) in [5, 5.41) is 0. The third-order valence-corrected chi connectivity index (χ3v) is 3.04. The molecule has 0 saturated heterocycles. The quantitative estimate of drug-likeness (QED) is 0.917. The molecule has 1 unspecified atom stereocenters. The summed E-state index contributed by atoms with van der Waals surface area (Å²) in [4.78, 5) is 1.69. The lowest BCUT2D eigenvalue weighted by molar-refractivity contribution is 0.575. The zero-order valence-corrected chi connectivity index (χ0v) is 10.7. The van der Waals surface area contributed by atoms with Crippen molar-refractivity contribution in [1.82, 2.24) is 0 Å². The molecule has 0 aliphatic carbocycles. The van der Waals surface area contributed by atoms with Gasteiger partial charge in [-0.2, -0.15) is 0 Å². The third-order valence-electron chi connectivity index (χ3n) is 3.04. The average molecular weight is 262 g/mol. The molecule has 0 aliphatic rings. The Morgan fingerprint density at radius 3 is 2.21 bits per heavy atom. The maximum absolute atomic E-state index is 13.6. The van der Waals surface area contributed by atoms with Crippen LogP contribution < -0.4 is 10.6 Å². The number of hydrogen-bond donors (Lipinski definition) is 1.